The normalized spacial score (nSPS) is 15.1. The molecule has 1 saturated carbocycles. The van der Waals surface area contributed by atoms with Gasteiger partial charge >= 0.3 is 11.8 Å². The number of ether oxygens (including phenoxy) is 1. The SMILES string of the molecule is COc1ccc(C2(CNC(=O)C(=O)Nc3ccc(C)c(C)c3)CCCC2)cc1. The molecule has 1 aliphatic carbocycles. The standard InChI is InChI=1S/C23H28N2O3/c1-16-6-9-19(14-17(16)2)25-22(27)21(26)24-15-23(12-4-5-13-23)18-7-10-20(28-3)11-8-18/h6-11,14H,4-5,12-13,15H2,1-3H3,(H,24,26)(H,25,27). The van der Waals surface area contributed by atoms with Crippen molar-refractivity contribution in [1.82, 2.24) is 5.32 Å². The van der Waals surface area contributed by atoms with E-state index in [0.29, 0.717) is 12.2 Å². The Bertz CT molecular complexity index is 853. The van der Waals surface area contributed by atoms with E-state index in [1.807, 2.05) is 44.2 Å². The first kappa shape index (κ1) is 19.9. The maximum absolute atomic E-state index is 12.4. The van der Waals surface area contributed by atoms with Gasteiger partial charge in [-0.15, -0.1) is 0 Å². The van der Waals surface area contributed by atoms with Crippen LogP contribution in [0.3, 0.4) is 0 Å². The Morgan fingerprint density at radius 3 is 2.25 bits per heavy atom. The first-order valence-electron chi connectivity index (χ1n) is 9.74. The molecule has 0 aliphatic heterocycles. The summed E-state index contributed by atoms with van der Waals surface area (Å²) in [5.74, 6) is -0.419. The third-order valence-electron chi connectivity index (χ3n) is 5.82. The lowest BCUT2D eigenvalue weighted by Crippen LogP contribution is -2.43. The molecule has 28 heavy (non-hydrogen) atoms. The van der Waals surface area contributed by atoms with Gasteiger partial charge in [-0.05, 0) is 67.6 Å². The Morgan fingerprint density at radius 1 is 0.964 bits per heavy atom. The fourth-order valence-corrected chi connectivity index (χ4v) is 3.90. The zero-order valence-electron chi connectivity index (χ0n) is 16.8. The summed E-state index contributed by atoms with van der Waals surface area (Å²) in [6.45, 7) is 4.44. The summed E-state index contributed by atoms with van der Waals surface area (Å²) in [7, 11) is 1.65. The van der Waals surface area contributed by atoms with Gasteiger partial charge in [-0.1, -0.05) is 31.0 Å². The predicted octanol–water partition coefficient (Wildman–Crippen LogP) is 3.88. The van der Waals surface area contributed by atoms with Crippen LogP contribution >= 0.6 is 0 Å². The molecule has 2 N–H and O–H groups in total. The molecule has 2 amide bonds. The number of aryl methyl sites for hydroxylation is 2. The molecule has 0 unspecified atom stereocenters. The van der Waals surface area contributed by atoms with E-state index >= 15 is 0 Å². The topological polar surface area (TPSA) is 67.4 Å². The summed E-state index contributed by atoms with van der Waals surface area (Å²) < 4.78 is 5.24. The van der Waals surface area contributed by atoms with E-state index in [1.54, 1.807) is 7.11 Å². The number of carbonyl (C=O) groups is 2. The quantitative estimate of drug-likeness (QED) is 0.774. The van der Waals surface area contributed by atoms with E-state index in [-0.39, 0.29) is 5.41 Å². The smallest absolute Gasteiger partial charge is 0.313 e. The molecule has 0 bridgehead atoms. The van der Waals surface area contributed by atoms with Crippen LogP contribution in [0.15, 0.2) is 42.5 Å². The Balaban J connectivity index is 1.64. The number of nitrogens with one attached hydrogen (secondary N) is 2. The molecule has 148 valence electrons. The number of hydrogen-bond acceptors (Lipinski definition) is 3. The first-order valence-corrected chi connectivity index (χ1v) is 9.74. The van der Waals surface area contributed by atoms with Crippen molar-refractivity contribution in [2.45, 2.75) is 44.9 Å². The minimum Gasteiger partial charge on any atom is -0.497 e. The van der Waals surface area contributed by atoms with Crippen LogP contribution in [0, 0.1) is 13.8 Å². The largest absolute Gasteiger partial charge is 0.497 e. The fraction of sp³-hybridized carbons (Fsp3) is 0.391. The van der Waals surface area contributed by atoms with Gasteiger partial charge in [-0.3, -0.25) is 9.59 Å². The molecular formula is C23H28N2O3. The number of rotatable bonds is 5. The molecule has 2 aromatic carbocycles. The van der Waals surface area contributed by atoms with Crippen LogP contribution in [0.1, 0.15) is 42.4 Å². The highest BCUT2D eigenvalue weighted by Crippen LogP contribution is 2.41. The van der Waals surface area contributed by atoms with Crippen molar-refractivity contribution in [2.75, 3.05) is 19.0 Å². The molecule has 5 heteroatoms. The second-order valence-corrected chi connectivity index (χ2v) is 7.65. The van der Waals surface area contributed by atoms with Crippen LogP contribution in [0.25, 0.3) is 0 Å². The van der Waals surface area contributed by atoms with Gasteiger partial charge in [0.2, 0.25) is 0 Å². The average Bonchev–Trinajstić information content (AvgIpc) is 3.19. The van der Waals surface area contributed by atoms with Gasteiger partial charge in [0.15, 0.2) is 0 Å². The highest BCUT2D eigenvalue weighted by Gasteiger charge is 2.36. The van der Waals surface area contributed by atoms with Gasteiger partial charge in [-0.2, -0.15) is 0 Å². The Hall–Kier alpha value is -2.82. The maximum Gasteiger partial charge on any atom is 0.313 e. The van der Waals surface area contributed by atoms with Crippen molar-refractivity contribution in [1.29, 1.82) is 0 Å². The van der Waals surface area contributed by atoms with Gasteiger partial charge < -0.3 is 15.4 Å². The number of benzene rings is 2. The second kappa shape index (κ2) is 8.46. The molecule has 1 fully saturated rings. The van der Waals surface area contributed by atoms with Crippen LogP contribution in [-0.4, -0.2) is 25.5 Å². The lowest BCUT2D eigenvalue weighted by Gasteiger charge is -2.30. The summed E-state index contributed by atoms with van der Waals surface area (Å²) in [5.41, 5.74) is 3.91. The van der Waals surface area contributed by atoms with E-state index in [9.17, 15) is 9.59 Å². The molecule has 3 rings (SSSR count). The molecule has 5 nitrogen and oxygen atoms in total. The predicted molar refractivity (Wildman–Crippen MR) is 111 cm³/mol. The summed E-state index contributed by atoms with van der Waals surface area (Å²) in [6, 6.07) is 13.6. The molecular weight excluding hydrogens is 352 g/mol. The summed E-state index contributed by atoms with van der Waals surface area (Å²) in [6.07, 6.45) is 4.24. The number of hydrogen-bond donors (Lipinski definition) is 2. The molecule has 1 aliphatic rings. The van der Waals surface area contributed by atoms with Crippen LogP contribution in [0.5, 0.6) is 5.75 Å². The van der Waals surface area contributed by atoms with Gasteiger partial charge in [0.25, 0.3) is 0 Å². The van der Waals surface area contributed by atoms with Gasteiger partial charge in [0.1, 0.15) is 5.75 Å². The fourth-order valence-electron chi connectivity index (χ4n) is 3.90. The number of carbonyl (C=O) groups excluding carboxylic acids is 2. The molecule has 0 spiro atoms. The van der Waals surface area contributed by atoms with Crippen LogP contribution in [-0.2, 0) is 15.0 Å². The molecule has 0 radical (unpaired) electrons. The van der Waals surface area contributed by atoms with Crippen LogP contribution in [0.4, 0.5) is 5.69 Å². The van der Waals surface area contributed by atoms with Gasteiger partial charge in [0, 0.05) is 17.6 Å². The average molecular weight is 380 g/mol. The van der Waals surface area contributed by atoms with Crippen LogP contribution < -0.4 is 15.4 Å². The van der Waals surface area contributed by atoms with E-state index in [4.69, 9.17) is 4.74 Å². The van der Waals surface area contributed by atoms with E-state index < -0.39 is 11.8 Å². The minimum atomic E-state index is -0.633. The van der Waals surface area contributed by atoms with Crippen molar-refractivity contribution in [3.05, 3.63) is 59.2 Å². The second-order valence-electron chi connectivity index (χ2n) is 7.65. The highest BCUT2D eigenvalue weighted by atomic mass is 16.5. The zero-order valence-corrected chi connectivity index (χ0v) is 16.8. The Kier molecular flexibility index (Phi) is 6.02. The van der Waals surface area contributed by atoms with Crippen LogP contribution in [0.2, 0.25) is 0 Å². The van der Waals surface area contributed by atoms with E-state index in [2.05, 4.69) is 22.8 Å². The summed E-state index contributed by atoms with van der Waals surface area (Å²) in [4.78, 5) is 24.7. The molecule has 0 aromatic heterocycles. The van der Waals surface area contributed by atoms with Crippen molar-refractivity contribution in [2.24, 2.45) is 0 Å². The van der Waals surface area contributed by atoms with Crippen molar-refractivity contribution >= 4 is 17.5 Å². The van der Waals surface area contributed by atoms with Crippen molar-refractivity contribution in [3.8, 4) is 5.75 Å². The van der Waals surface area contributed by atoms with Gasteiger partial charge in [-0.25, -0.2) is 0 Å². The summed E-state index contributed by atoms with van der Waals surface area (Å²) in [5, 5.41) is 5.54. The molecule has 0 saturated heterocycles. The lowest BCUT2D eigenvalue weighted by molar-refractivity contribution is -0.136. The third-order valence-corrected chi connectivity index (χ3v) is 5.82. The van der Waals surface area contributed by atoms with E-state index in [0.717, 1.165) is 42.6 Å². The maximum atomic E-state index is 12.4. The third kappa shape index (κ3) is 4.35. The Labute approximate surface area is 166 Å². The van der Waals surface area contributed by atoms with Gasteiger partial charge in [0.05, 0.1) is 7.11 Å². The zero-order chi connectivity index (χ0) is 20.1. The first-order chi connectivity index (χ1) is 13.4. The molecule has 0 atom stereocenters. The monoisotopic (exact) mass is 380 g/mol. The number of methoxy groups -OCH3 is 1. The van der Waals surface area contributed by atoms with Crippen molar-refractivity contribution in [3.63, 3.8) is 0 Å². The molecule has 0 heterocycles. The number of anilines is 1. The minimum absolute atomic E-state index is 0.122. The molecule has 2 aromatic rings. The van der Waals surface area contributed by atoms with Crippen molar-refractivity contribution < 1.29 is 14.3 Å². The summed E-state index contributed by atoms with van der Waals surface area (Å²) >= 11 is 0. The van der Waals surface area contributed by atoms with E-state index in [1.165, 1.54) is 5.56 Å². The lowest BCUT2D eigenvalue weighted by atomic mass is 9.78. The highest BCUT2D eigenvalue weighted by molar-refractivity contribution is 6.39. The Morgan fingerprint density at radius 2 is 1.64 bits per heavy atom. The number of amides is 2.